The lowest BCUT2D eigenvalue weighted by Gasteiger charge is -2.38. The van der Waals surface area contributed by atoms with Gasteiger partial charge in [0.25, 0.3) is 5.91 Å². The number of hydrogen-bond donors (Lipinski definition) is 0. The van der Waals surface area contributed by atoms with Gasteiger partial charge < -0.3 is 14.1 Å². The standard InChI is InChI=1S/C19H23NO4/c1-12-9-19(22)24-17-10-15(7-8-16(12)17)23-11-18(21)20-13(2)5-4-6-14(20)3/h7-10,13-14H,4-6,11H2,1-3H3/t13-,14+. The van der Waals surface area contributed by atoms with Gasteiger partial charge in [-0.15, -0.1) is 0 Å². The first-order chi connectivity index (χ1) is 11.5. The summed E-state index contributed by atoms with van der Waals surface area (Å²) in [5, 5.41) is 0.867. The van der Waals surface area contributed by atoms with E-state index >= 15 is 0 Å². The molecule has 2 heterocycles. The molecule has 128 valence electrons. The van der Waals surface area contributed by atoms with E-state index in [1.54, 1.807) is 12.1 Å². The van der Waals surface area contributed by atoms with Gasteiger partial charge in [0.05, 0.1) is 0 Å². The number of carbonyl (C=O) groups is 1. The number of benzene rings is 1. The molecule has 0 spiro atoms. The lowest BCUT2D eigenvalue weighted by molar-refractivity contribution is -0.139. The molecular formula is C19H23NO4. The van der Waals surface area contributed by atoms with Crippen LogP contribution in [0.1, 0.15) is 38.7 Å². The number of hydrogen-bond acceptors (Lipinski definition) is 4. The van der Waals surface area contributed by atoms with Gasteiger partial charge in [-0.25, -0.2) is 4.79 Å². The van der Waals surface area contributed by atoms with Crippen molar-refractivity contribution < 1.29 is 13.9 Å². The topological polar surface area (TPSA) is 59.8 Å². The molecule has 1 saturated heterocycles. The summed E-state index contributed by atoms with van der Waals surface area (Å²) in [6.45, 7) is 6.03. The zero-order valence-corrected chi connectivity index (χ0v) is 14.4. The fourth-order valence-corrected chi connectivity index (χ4v) is 3.53. The minimum atomic E-state index is -0.385. The summed E-state index contributed by atoms with van der Waals surface area (Å²) in [6.07, 6.45) is 3.24. The third kappa shape index (κ3) is 3.30. The molecule has 0 bridgehead atoms. The molecule has 0 saturated carbocycles. The van der Waals surface area contributed by atoms with Crippen molar-refractivity contribution in [3.8, 4) is 5.75 Å². The number of nitrogens with zero attached hydrogens (tertiary/aromatic N) is 1. The van der Waals surface area contributed by atoms with E-state index in [-0.39, 0.29) is 30.2 Å². The maximum absolute atomic E-state index is 12.5. The number of likely N-dealkylation sites (tertiary alicyclic amines) is 1. The molecule has 2 atom stereocenters. The van der Waals surface area contributed by atoms with Crippen molar-refractivity contribution in [1.82, 2.24) is 4.90 Å². The Hall–Kier alpha value is -2.30. The van der Waals surface area contributed by atoms with Gasteiger partial charge in [0.1, 0.15) is 11.3 Å². The van der Waals surface area contributed by atoms with Gasteiger partial charge in [-0.2, -0.15) is 0 Å². The van der Waals surface area contributed by atoms with Crippen LogP contribution in [-0.4, -0.2) is 29.5 Å². The normalized spacial score (nSPS) is 21.0. The highest BCUT2D eigenvalue weighted by atomic mass is 16.5. The van der Waals surface area contributed by atoms with E-state index in [4.69, 9.17) is 9.15 Å². The smallest absolute Gasteiger partial charge is 0.336 e. The Morgan fingerprint density at radius 1 is 1.25 bits per heavy atom. The van der Waals surface area contributed by atoms with Crippen molar-refractivity contribution in [3.63, 3.8) is 0 Å². The number of ether oxygens (including phenoxy) is 1. The Bertz CT molecular complexity index is 801. The number of carbonyl (C=O) groups excluding carboxylic acids is 1. The highest BCUT2D eigenvalue weighted by Crippen LogP contribution is 2.24. The Morgan fingerprint density at radius 3 is 2.67 bits per heavy atom. The molecular weight excluding hydrogens is 306 g/mol. The van der Waals surface area contributed by atoms with E-state index in [9.17, 15) is 9.59 Å². The Labute approximate surface area is 141 Å². The fraction of sp³-hybridized carbons (Fsp3) is 0.474. The van der Waals surface area contributed by atoms with Crippen LogP contribution in [0.25, 0.3) is 11.0 Å². The number of fused-ring (bicyclic) bond motifs is 1. The number of rotatable bonds is 3. The first-order valence-corrected chi connectivity index (χ1v) is 8.44. The zero-order chi connectivity index (χ0) is 17.3. The first-order valence-electron chi connectivity index (χ1n) is 8.44. The second-order valence-electron chi connectivity index (χ2n) is 6.63. The largest absolute Gasteiger partial charge is 0.484 e. The van der Waals surface area contributed by atoms with Gasteiger partial charge in [-0.05, 0) is 57.7 Å². The predicted octanol–water partition coefficient (Wildman–Crippen LogP) is 3.27. The molecule has 1 aromatic heterocycles. The number of piperidine rings is 1. The summed E-state index contributed by atoms with van der Waals surface area (Å²) in [4.78, 5) is 25.9. The van der Waals surface area contributed by atoms with E-state index in [1.807, 2.05) is 17.9 Å². The molecule has 5 heteroatoms. The highest BCUT2D eigenvalue weighted by molar-refractivity contribution is 5.82. The summed E-state index contributed by atoms with van der Waals surface area (Å²) in [6, 6.07) is 7.28. The number of amides is 1. The third-order valence-electron chi connectivity index (χ3n) is 4.77. The van der Waals surface area contributed by atoms with Crippen LogP contribution in [0.5, 0.6) is 5.75 Å². The minimum Gasteiger partial charge on any atom is -0.484 e. The van der Waals surface area contributed by atoms with E-state index < -0.39 is 0 Å². The van der Waals surface area contributed by atoms with E-state index in [1.165, 1.54) is 6.07 Å². The van der Waals surface area contributed by atoms with Crippen molar-refractivity contribution in [2.24, 2.45) is 0 Å². The van der Waals surface area contributed by atoms with E-state index in [2.05, 4.69) is 13.8 Å². The fourth-order valence-electron chi connectivity index (χ4n) is 3.53. The molecule has 1 aromatic carbocycles. The molecule has 1 aliphatic rings. The predicted molar refractivity (Wildman–Crippen MR) is 92.3 cm³/mol. The molecule has 1 aliphatic heterocycles. The van der Waals surface area contributed by atoms with Crippen LogP contribution in [0.4, 0.5) is 0 Å². The van der Waals surface area contributed by atoms with Crippen molar-refractivity contribution in [3.05, 3.63) is 40.2 Å². The third-order valence-corrected chi connectivity index (χ3v) is 4.77. The van der Waals surface area contributed by atoms with Gasteiger partial charge in [-0.1, -0.05) is 0 Å². The Balaban J connectivity index is 1.73. The monoisotopic (exact) mass is 329 g/mol. The van der Waals surface area contributed by atoms with Crippen LogP contribution >= 0.6 is 0 Å². The van der Waals surface area contributed by atoms with Crippen LogP contribution in [0.2, 0.25) is 0 Å². The maximum atomic E-state index is 12.5. The van der Waals surface area contributed by atoms with Crippen LogP contribution in [0, 0.1) is 6.92 Å². The van der Waals surface area contributed by atoms with E-state index in [0.717, 1.165) is 30.2 Å². The molecule has 0 radical (unpaired) electrons. The molecule has 2 aromatic rings. The quantitative estimate of drug-likeness (QED) is 0.811. The Morgan fingerprint density at radius 2 is 1.96 bits per heavy atom. The average Bonchev–Trinajstić information content (AvgIpc) is 2.52. The van der Waals surface area contributed by atoms with Gasteiger partial charge in [0.2, 0.25) is 0 Å². The summed E-state index contributed by atoms with van der Waals surface area (Å²) in [5.41, 5.74) is 0.952. The molecule has 1 amide bonds. The van der Waals surface area contributed by atoms with Crippen molar-refractivity contribution in [1.29, 1.82) is 0 Å². The molecule has 0 N–H and O–H groups in total. The molecule has 0 aliphatic carbocycles. The van der Waals surface area contributed by atoms with Crippen molar-refractivity contribution in [2.45, 2.75) is 52.1 Å². The van der Waals surface area contributed by atoms with Crippen molar-refractivity contribution >= 4 is 16.9 Å². The van der Waals surface area contributed by atoms with Gasteiger partial charge in [0, 0.05) is 29.6 Å². The van der Waals surface area contributed by atoms with Crippen molar-refractivity contribution in [2.75, 3.05) is 6.61 Å². The molecule has 0 unspecified atom stereocenters. The summed E-state index contributed by atoms with van der Waals surface area (Å²) in [7, 11) is 0. The molecule has 3 rings (SSSR count). The van der Waals surface area contributed by atoms with Crippen LogP contribution < -0.4 is 10.4 Å². The van der Waals surface area contributed by atoms with Crippen LogP contribution in [0.3, 0.4) is 0 Å². The lowest BCUT2D eigenvalue weighted by atomic mass is 9.97. The lowest BCUT2D eigenvalue weighted by Crippen LogP contribution is -2.49. The maximum Gasteiger partial charge on any atom is 0.336 e. The summed E-state index contributed by atoms with van der Waals surface area (Å²) in [5.74, 6) is 0.530. The summed E-state index contributed by atoms with van der Waals surface area (Å²) >= 11 is 0. The minimum absolute atomic E-state index is 0.000455. The SMILES string of the molecule is Cc1cc(=O)oc2cc(OCC(=O)N3[C@H](C)CCC[C@@H]3C)ccc12. The molecule has 24 heavy (non-hydrogen) atoms. The zero-order valence-electron chi connectivity index (χ0n) is 14.4. The van der Waals surface area contributed by atoms with Gasteiger partial charge in [-0.3, -0.25) is 4.79 Å². The summed E-state index contributed by atoms with van der Waals surface area (Å²) < 4.78 is 10.9. The molecule has 5 nitrogen and oxygen atoms in total. The van der Waals surface area contributed by atoms with Gasteiger partial charge >= 0.3 is 5.63 Å². The highest BCUT2D eigenvalue weighted by Gasteiger charge is 2.28. The average molecular weight is 329 g/mol. The van der Waals surface area contributed by atoms with E-state index in [0.29, 0.717) is 11.3 Å². The van der Waals surface area contributed by atoms with Gasteiger partial charge in [0.15, 0.2) is 6.61 Å². The molecule has 1 fully saturated rings. The van der Waals surface area contributed by atoms with Crippen LogP contribution in [0.15, 0.2) is 33.5 Å². The Kier molecular flexibility index (Phi) is 4.60. The number of aryl methyl sites for hydroxylation is 1. The first kappa shape index (κ1) is 16.6. The van der Waals surface area contributed by atoms with Crippen LogP contribution in [-0.2, 0) is 4.79 Å². The second kappa shape index (κ2) is 6.67. The second-order valence-corrected chi connectivity index (χ2v) is 6.63.